The minimum absolute atomic E-state index is 0.214. The Morgan fingerprint density at radius 3 is 2.44 bits per heavy atom. The Labute approximate surface area is 94.6 Å². The number of aromatic nitrogens is 3. The summed E-state index contributed by atoms with van der Waals surface area (Å²) in [5, 5.41) is 0. The molecule has 4 nitrogen and oxygen atoms in total. The molecule has 0 aliphatic heterocycles. The predicted molar refractivity (Wildman–Crippen MR) is 61.8 cm³/mol. The van der Waals surface area contributed by atoms with Crippen molar-refractivity contribution in [3.8, 4) is 0 Å². The molecule has 4 heteroatoms. The molecule has 0 spiro atoms. The van der Waals surface area contributed by atoms with Crippen LogP contribution in [0.3, 0.4) is 0 Å². The molecule has 1 atom stereocenters. The molecule has 2 N–H and O–H groups in total. The number of hydrogen-bond donors (Lipinski definition) is 1. The smallest absolute Gasteiger partial charge is 0.115 e. The molecule has 1 unspecified atom stereocenters. The average molecular weight is 214 g/mol. The number of nitrogens with zero attached hydrogens (tertiary/aromatic N) is 3. The second kappa shape index (κ2) is 4.37. The number of rotatable bonds is 2. The fourth-order valence-corrected chi connectivity index (χ4v) is 1.68. The molecular weight excluding hydrogens is 200 g/mol. The van der Waals surface area contributed by atoms with E-state index >= 15 is 0 Å². The number of nitrogens with two attached hydrogens (primary N) is 1. The van der Waals surface area contributed by atoms with Crippen molar-refractivity contribution in [2.24, 2.45) is 5.73 Å². The zero-order valence-electron chi connectivity index (χ0n) is 9.38. The first-order chi connectivity index (χ1) is 7.68. The molecule has 0 aliphatic carbocycles. The molecule has 16 heavy (non-hydrogen) atoms. The third-order valence-electron chi connectivity index (χ3n) is 2.54. The molecule has 2 heterocycles. The number of hydrogen-bond acceptors (Lipinski definition) is 4. The van der Waals surface area contributed by atoms with Gasteiger partial charge in [-0.3, -0.25) is 4.98 Å². The van der Waals surface area contributed by atoms with E-state index in [0.717, 1.165) is 22.5 Å². The van der Waals surface area contributed by atoms with Crippen molar-refractivity contribution < 1.29 is 0 Å². The monoisotopic (exact) mass is 214 g/mol. The summed E-state index contributed by atoms with van der Waals surface area (Å²) >= 11 is 0. The van der Waals surface area contributed by atoms with Crippen LogP contribution in [0.5, 0.6) is 0 Å². The molecule has 0 aromatic carbocycles. The van der Waals surface area contributed by atoms with Crippen LogP contribution in [0.2, 0.25) is 0 Å². The first kappa shape index (κ1) is 10.7. The van der Waals surface area contributed by atoms with Crippen molar-refractivity contribution in [2.45, 2.75) is 19.9 Å². The van der Waals surface area contributed by atoms with E-state index in [1.54, 1.807) is 12.4 Å². The molecule has 0 fully saturated rings. The van der Waals surface area contributed by atoms with Crippen LogP contribution in [0, 0.1) is 13.8 Å². The van der Waals surface area contributed by atoms with Gasteiger partial charge in [0.2, 0.25) is 0 Å². The van der Waals surface area contributed by atoms with Crippen LogP contribution in [0.1, 0.15) is 28.6 Å². The van der Waals surface area contributed by atoms with Gasteiger partial charge in [0.1, 0.15) is 6.33 Å². The van der Waals surface area contributed by atoms with Crippen molar-refractivity contribution >= 4 is 0 Å². The van der Waals surface area contributed by atoms with E-state index in [0.29, 0.717) is 0 Å². The summed E-state index contributed by atoms with van der Waals surface area (Å²) in [5.41, 5.74) is 10.0. The highest BCUT2D eigenvalue weighted by molar-refractivity contribution is 5.31. The van der Waals surface area contributed by atoms with Gasteiger partial charge in [0.25, 0.3) is 0 Å². The Morgan fingerprint density at radius 2 is 1.81 bits per heavy atom. The van der Waals surface area contributed by atoms with Crippen molar-refractivity contribution in [2.75, 3.05) is 0 Å². The topological polar surface area (TPSA) is 64.7 Å². The van der Waals surface area contributed by atoms with E-state index < -0.39 is 0 Å². The molecule has 0 aliphatic rings. The van der Waals surface area contributed by atoms with E-state index in [-0.39, 0.29) is 6.04 Å². The molecule has 2 aromatic rings. The summed E-state index contributed by atoms with van der Waals surface area (Å²) in [6.07, 6.45) is 4.96. The highest BCUT2D eigenvalue weighted by Gasteiger charge is 2.12. The molecule has 82 valence electrons. The maximum atomic E-state index is 6.15. The second-order valence-electron chi connectivity index (χ2n) is 3.78. The minimum atomic E-state index is -0.214. The fourth-order valence-electron chi connectivity index (χ4n) is 1.68. The SMILES string of the molecule is Cc1ccc(C(N)c2cncnc2)c(C)n1. The van der Waals surface area contributed by atoms with Gasteiger partial charge in [-0.2, -0.15) is 0 Å². The van der Waals surface area contributed by atoms with Crippen molar-refractivity contribution in [1.29, 1.82) is 0 Å². The van der Waals surface area contributed by atoms with E-state index in [9.17, 15) is 0 Å². The van der Waals surface area contributed by atoms with Gasteiger partial charge in [-0.15, -0.1) is 0 Å². The Bertz CT molecular complexity index is 482. The highest BCUT2D eigenvalue weighted by Crippen LogP contribution is 2.20. The summed E-state index contributed by atoms with van der Waals surface area (Å²) in [5.74, 6) is 0. The second-order valence-corrected chi connectivity index (χ2v) is 3.78. The van der Waals surface area contributed by atoms with Crippen molar-refractivity contribution in [1.82, 2.24) is 15.0 Å². The zero-order chi connectivity index (χ0) is 11.5. The molecular formula is C12H14N4. The van der Waals surface area contributed by atoms with Crippen molar-refractivity contribution in [3.63, 3.8) is 0 Å². The third-order valence-corrected chi connectivity index (χ3v) is 2.54. The summed E-state index contributed by atoms with van der Waals surface area (Å²) in [6.45, 7) is 3.93. The summed E-state index contributed by atoms with van der Waals surface area (Å²) in [6, 6.07) is 3.76. The lowest BCUT2D eigenvalue weighted by Gasteiger charge is -2.13. The Hall–Kier alpha value is -1.81. The molecule has 0 amide bonds. The highest BCUT2D eigenvalue weighted by atomic mass is 14.8. The van der Waals surface area contributed by atoms with Crippen LogP contribution in [-0.4, -0.2) is 15.0 Å². The van der Waals surface area contributed by atoms with Gasteiger partial charge in [0.15, 0.2) is 0 Å². The minimum Gasteiger partial charge on any atom is -0.320 e. The van der Waals surface area contributed by atoms with Crippen LogP contribution in [0.15, 0.2) is 30.9 Å². The normalized spacial score (nSPS) is 12.4. The van der Waals surface area contributed by atoms with Gasteiger partial charge in [0.05, 0.1) is 6.04 Å². The van der Waals surface area contributed by atoms with Crippen LogP contribution < -0.4 is 5.73 Å². The average Bonchev–Trinajstić information content (AvgIpc) is 2.29. The first-order valence-electron chi connectivity index (χ1n) is 5.13. The molecule has 0 bridgehead atoms. The van der Waals surface area contributed by atoms with Crippen LogP contribution >= 0.6 is 0 Å². The van der Waals surface area contributed by atoms with Gasteiger partial charge in [-0.1, -0.05) is 6.07 Å². The molecule has 0 saturated heterocycles. The van der Waals surface area contributed by atoms with Gasteiger partial charge >= 0.3 is 0 Å². The lowest BCUT2D eigenvalue weighted by molar-refractivity contribution is 0.828. The quantitative estimate of drug-likeness (QED) is 0.823. The van der Waals surface area contributed by atoms with Crippen molar-refractivity contribution in [3.05, 3.63) is 53.4 Å². The Balaban J connectivity index is 2.38. The Morgan fingerprint density at radius 1 is 1.12 bits per heavy atom. The lowest BCUT2D eigenvalue weighted by Crippen LogP contribution is -2.14. The van der Waals surface area contributed by atoms with Gasteiger partial charge in [-0.05, 0) is 25.5 Å². The van der Waals surface area contributed by atoms with Gasteiger partial charge in [0, 0.05) is 29.3 Å². The number of aryl methyl sites for hydroxylation is 2. The van der Waals surface area contributed by atoms with Crippen LogP contribution in [0.25, 0.3) is 0 Å². The predicted octanol–water partition coefficient (Wildman–Crippen LogP) is 1.54. The maximum Gasteiger partial charge on any atom is 0.115 e. The third kappa shape index (κ3) is 2.06. The molecule has 2 aromatic heterocycles. The largest absolute Gasteiger partial charge is 0.320 e. The zero-order valence-corrected chi connectivity index (χ0v) is 9.38. The maximum absolute atomic E-state index is 6.15. The van der Waals surface area contributed by atoms with E-state index in [1.807, 2.05) is 26.0 Å². The lowest BCUT2D eigenvalue weighted by atomic mass is 10.0. The van der Waals surface area contributed by atoms with E-state index in [2.05, 4.69) is 15.0 Å². The molecule has 0 saturated carbocycles. The molecule has 2 rings (SSSR count). The summed E-state index contributed by atoms with van der Waals surface area (Å²) < 4.78 is 0. The van der Waals surface area contributed by atoms with Gasteiger partial charge < -0.3 is 5.73 Å². The van der Waals surface area contributed by atoms with Crippen LogP contribution in [0.4, 0.5) is 0 Å². The Kier molecular flexibility index (Phi) is 2.92. The molecule has 0 radical (unpaired) electrons. The summed E-state index contributed by atoms with van der Waals surface area (Å²) in [7, 11) is 0. The summed E-state index contributed by atoms with van der Waals surface area (Å²) in [4.78, 5) is 12.3. The standard InChI is InChI=1S/C12H14N4/c1-8-3-4-11(9(2)16-8)12(13)10-5-14-7-15-6-10/h3-7,12H,13H2,1-2H3. The van der Waals surface area contributed by atoms with Gasteiger partial charge in [-0.25, -0.2) is 9.97 Å². The first-order valence-corrected chi connectivity index (χ1v) is 5.13. The number of pyridine rings is 1. The van der Waals surface area contributed by atoms with E-state index in [1.165, 1.54) is 6.33 Å². The fraction of sp³-hybridized carbons (Fsp3) is 0.250. The van der Waals surface area contributed by atoms with E-state index in [4.69, 9.17) is 5.73 Å². The van der Waals surface area contributed by atoms with Crippen LogP contribution in [-0.2, 0) is 0 Å².